The Morgan fingerprint density at radius 2 is 2.00 bits per heavy atom. The second kappa shape index (κ2) is 7.21. The summed E-state index contributed by atoms with van der Waals surface area (Å²) >= 11 is 6.05. The summed E-state index contributed by atoms with van der Waals surface area (Å²) in [6, 6.07) is 5.00. The molecule has 6 heteroatoms. The van der Waals surface area contributed by atoms with E-state index in [9.17, 15) is 9.59 Å². The fourth-order valence-corrected chi connectivity index (χ4v) is 2.58. The first kappa shape index (κ1) is 17.6. The number of nitrogens with one attached hydrogen (secondary N) is 2. The van der Waals surface area contributed by atoms with Crippen LogP contribution in [-0.2, 0) is 9.59 Å². The molecule has 0 bridgehead atoms. The van der Waals surface area contributed by atoms with Gasteiger partial charge in [-0.2, -0.15) is 0 Å². The second-order valence-corrected chi connectivity index (χ2v) is 6.73. The number of benzene rings is 1. The van der Waals surface area contributed by atoms with Crippen LogP contribution in [-0.4, -0.2) is 25.5 Å². The number of amides is 2. The summed E-state index contributed by atoms with van der Waals surface area (Å²) in [5.74, 6) is 0.592. The predicted molar refractivity (Wildman–Crippen MR) is 90.8 cm³/mol. The monoisotopic (exact) mass is 338 g/mol. The molecule has 0 radical (unpaired) electrons. The van der Waals surface area contributed by atoms with E-state index in [4.69, 9.17) is 16.3 Å². The van der Waals surface area contributed by atoms with Gasteiger partial charge in [-0.25, -0.2) is 0 Å². The smallest absolute Gasteiger partial charge is 0.240 e. The molecule has 5 nitrogen and oxygen atoms in total. The maximum atomic E-state index is 12.5. The average molecular weight is 339 g/mol. The molecule has 126 valence electrons. The van der Waals surface area contributed by atoms with Gasteiger partial charge < -0.3 is 15.4 Å². The van der Waals surface area contributed by atoms with Gasteiger partial charge in [0.15, 0.2) is 0 Å². The molecule has 0 aromatic heterocycles. The molecule has 1 aromatic carbocycles. The molecule has 1 saturated carbocycles. The first-order valence-corrected chi connectivity index (χ1v) is 8.20. The number of carbonyl (C=O) groups excluding carboxylic acids is 2. The number of rotatable bonds is 7. The zero-order valence-electron chi connectivity index (χ0n) is 13.7. The molecule has 2 N–H and O–H groups in total. The fourth-order valence-electron chi connectivity index (χ4n) is 2.32. The molecule has 0 atom stereocenters. The van der Waals surface area contributed by atoms with Crippen LogP contribution in [0.1, 0.15) is 33.1 Å². The molecule has 1 aromatic rings. The maximum Gasteiger partial charge on any atom is 0.240 e. The van der Waals surface area contributed by atoms with Crippen LogP contribution in [0.5, 0.6) is 5.75 Å². The van der Waals surface area contributed by atoms with Crippen molar-refractivity contribution in [3.63, 3.8) is 0 Å². The van der Waals surface area contributed by atoms with Crippen LogP contribution >= 0.6 is 11.6 Å². The molecular weight excluding hydrogens is 316 g/mol. The summed E-state index contributed by atoms with van der Waals surface area (Å²) in [7, 11) is 1.53. The summed E-state index contributed by atoms with van der Waals surface area (Å²) in [5, 5.41) is 6.06. The number of methoxy groups -OCH3 is 1. The van der Waals surface area contributed by atoms with Crippen LogP contribution in [0.4, 0.5) is 5.69 Å². The van der Waals surface area contributed by atoms with Crippen LogP contribution in [0.15, 0.2) is 18.2 Å². The first-order chi connectivity index (χ1) is 10.9. The van der Waals surface area contributed by atoms with E-state index in [0.29, 0.717) is 41.8 Å². The minimum atomic E-state index is -0.927. The molecule has 1 aliphatic carbocycles. The van der Waals surface area contributed by atoms with E-state index in [1.807, 2.05) is 0 Å². The normalized spacial score (nSPS) is 15.2. The summed E-state index contributed by atoms with van der Waals surface area (Å²) in [6.07, 6.45) is 2.06. The van der Waals surface area contributed by atoms with Crippen molar-refractivity contribution in [3.8, 4) is 5.75 Å². The van der Waals surface area contributed by atoms with E-state index in [-0.39, 0.29) is 11.8 Å². The van der Waals surface area contributed by atoms with Crippen molar-refractivity contribution in [1.82, 2.24) is 5.32 Å². The van der Waals surface area contributed by atoms with Crippen molar-refractivity contribution >= 4 is 29.1 Å². The molecule has 23 heavy (non-hydrogen) atoms. The van der Waals surface area contributed by atoms with Crippen LogP contribution in [0.2, 0.25) is 5.02 Å². The molecule has 0 spiro atoms. The molecule has 0 heterocycles. The molecule has 0 saturated heterocycles. The van der Waals surface area contributed by atoms with Gasteiger partial charge in [0.2, 0.25) is 11.8 Å². The van der Waals surface area contributed by atoms with Crippen molar-refractivity contribution in [1.29, 1.82) is 0 Å². The standard InChI is InChI=1S/C17H23ClN2O3/c1-11(2)6-9-19-15(21)17(7-8-17)16(22)20-12-4-5-14(23-3)13(18)10-12/h4-5,10-11H,6-9H2,1-3H3,(H,19,21)(H,20,22). The predicted octanol–water partition coefficient (Wildman–Crippen LogP) is 3.23. The lowest BCUT2D eigenvalue weighted by Gasteiger charge is -2.16. The number of carbonyl (C=O) groups is 2. The Balaban J connectivity index is 1.97. The molecular formula is C17H23ClN2O3. The molecule has 1 aliphatic rings. The van der Waals surface area contributed by atoms with Crippen LogP contribution in [0, 0.1) is 11.3 Å². The Labute approximate surface area is 141 Å². The van der Waals surface area contributed by atoms with Gasteiger partial charge in [0, 0.05) is 12.2 Å². The fraction of sp³-hybridized carbons (Fsp3) is 0.529. The van der Waals surface area contributed by atoms with E-state index in [0.717, 1.165) is 6.42 Å². The minimum Gasteiger partial charge on any atom is -0.495 e. The van der Waals surface area contributed by atoms with Crippen molar-refractivity contribution in [2.45, 2.75) is 33.1 Å². The Kier molecular flexibility index (Phi) is 5.52. The second-order valence-electron chi connectivity index (χ2n) is 6.32. The quantitative estimate of drug-likeness (QED) is 0.750. The van der Waals surface area contributed by atoms with Gasteiger partial charge in [0.25, 0.3) is 0 Å². The zero-order chi connectivity index (χ0) is 17.0. The Morgan fingerprint density at radius 1 is 1.30 bits per heavy atom. The maximum absolute atomic E-state index is 12.5. The number of anilines is 1. The SMILES string of the molecule is COc1ccc(NC(=O)C2(C(=O)NCCC(C)C)CC2)cc1Cl. The van der Waals surface area contributed by atoms with Gasteiger partial charge in [-0.15, -0.1) is 0 Å². The summed E-state index contributed by atoms with van der Waals surface area (Å²) in [6.45, 7) is 4.79. The number of halogens is 1. The van der Waals surface area contributed by atoms with E-state index in [1.54, 1.807) is 18.2 Å². The molecule has 0 aliphatic heterocycles. The Hall–Kier alpha value is -1.75. The van der Waals surface area contributed by atoms with Crippen molar-refractivity contribution in [3.05, 3.63) is 23.2 Å². The number of hydrogen-bond donors (Lipinski definition) is 2. The van der Waals surface area contributed by atoms with Gasteiger partial charge in [-0.05, 0) is 43.4 Å². The summed E-state index contributed by atoms with van der Waals surface area (Å²) < 4.78 is 5.08. The zero-order valence-corrected chi connectivity index (χ0v) is 14.5. The van der Waals surface area contributed by atoms with Crippen molar-refractivity contribution in [2.24, 2.45) is 11.3 Å². The van der Waals surface area contributed by atoms with Gasteiger partial charge in [-0.1, -0.05) is 25.4 Å². The molecule has 1 fully saturated rings. The summed E-state index contributed by atoms with van der Waals surface area (Å²) in [4.78, 5) is 24.7. The lowest BCUT2D eigenvalue weighted by Crippen LogP contribution is -2.40. The molecule has 0 unspecified atom stereocenters. The largest absolute Gasteiger partial charge is 0.495 e. The highest BCUT2D eigenvalue weighted by Gasteiger charge is 2.56. The lowest BCUT2D eigenvalue weighted by atomic mass is 10.0. The van der Waals surface area contributed by atoms with Crippen LogP contribution in [0.25, 0.3) is 0 Å². The van der Waals surface area contributed by atoms with Crippen molar-refractivity contribution < 1.29 is 14.3 Å². The van der Waals surface area contributed by atoms with Crippen molar-refractivity contribution in [2.75, 3.05) is 19.0 Å². The highest BCUT2D eigenvalue weighted by Crippen LogP contribution is 2.47. The number of hydrogen-bond acceptors (Lipinski definition) is 3. The Morgan fingerprint density at radius 3 is 2.52 bits per heavy atom. The van der Waals surface area contributed by atoms with E-state index < -0.39 is 5.41 Å². The van der Waals surface area contributed by atoms with E-state index in [2.05, 4.69) is 24.5 Å². The lowest BCUT2D eigenvalue weighted by molar-refractivity contribution is -0.134. The third kappa shape index (κ3) is 4.16. The summed E-state index contributed by atoms with van der Waals surface area (Å²) in [5.41, 5.74) is -0.370. The van der Waals surface area contributed by atoms with Crippen LogP contribution in [0.3, 0.4) is 0 Å². The van der Waals surface area contributed by atoms with Gasteiger partial charge in [0.05, 0.1) is 12.1 Å². The third-order valence-corrected chi connectivity index (χ3v) is 4.33. The van der Waals surface area contributed by atoms with Gasteiger partial charge in [0.1, 0.15) is 11.2 Å². The molecule has 2 amide bonds. The van der Waals surface area contributed by atoms with Gasteiger partial charge >= 0.3 is 0 Å². The van der Waals surface area contributed by atoms with E-state index >= 15 is 0 Å². The minimum absolute atomic E-state index is 0.185. The number of ether oxygens (including phenoxy) is 1. The average Bonchev–Trinajstić information content (AvgIpc) is 3.28. The topological polar surface area (TPSA) is 67.4 Å². The van der Waals surface area contributed by atoms with Crippen LogP contribution < -0.4 is 15.4 Å². The highest BCUT2D eigenvalue weighted by atomic mass is 35.5. The highest BCUT2D eigenvalue weighted by molar-refractivity contribution is 6.32. The molecule has 2 rings (SSSR count). The van der Waals surface area contributed by atoms with E-state index in [1.165, 1.54) is 7.11 Å². The first-order valence-electron chi connectivity index (χ1n) is 7.82. The Bertz CT molecular complexity index is 598. The third-order valence-electron chi connectivity index (χ3n) is 4.04. The van der Waals surface area contributed by atoms with Gasteiger partial charge in [-0.3, -0.25) is 9.59 Å².